The molecule has 1 nitrogen and oxygen atoms in total. The molecule has 0 aliphatic heterocycles. The number of hydrogen-bond acceptors (Lipinski definition) is 1. The second kappa shape index (κ2) is 9.41. The summed E-state index contributed by atoms with van der Waals surface area (Å²) in [6.07, 6.45) is 6.43. The van der Waals surface area contributed by atoms with Crippen LogP contribution in [0.25, 0.3) is 0 Å². The molecule has 0 amide bonds. The van der Waals surface area contributed by atoms with E-state index in [2.05, 4.69) is 31.3 Å². The average Bonchev–Trinajstić information content (AvgIpc) is 2.36. The van der Waals surface area contributed by atoms with Crippen LogP contribution in [0.3, 0.4) is 0 Å². The lowest BCUT2D eigenvalue weighted by Crippen LogP contribution is -2.24. The molecule has 0 aromatic heterocycles. The Balaban J connectivity index is 2.48. The van der Waals surface area contributed by atoms with Crippen molar-refractivity contribution < 1.29 is 0 Å². The summed E-state index contributed by atoms with van der Waals surface area (Å²) >= 11 is 6.04. The molecule has 0 saturated heterocycles. The molecule has 0 heterocycles. The van der Waals surface area contributed by atoms with Crippen molar-refractivity contribution in [1.29, 1.82) is 0 Å². The molecule has 0 aliphatic rings. The first-order chi connectivity index (χ1) is 8.76. The summed E-state index contributed by atoms with van der Waals surface area (Å²) in [6.45, 7) is 6.60. The van der Waals surface area contributed by atoms with Gasteiger partial charge in [-0.1, -0.05) is 56.8 Å². The zero-order valence-electron chi connectivity index (χ0n) is 11.7. The lowest BCUT2D eigenvalue weighted by molar-refractivity contribution is 0.428. The third-order valence-corrected chi connectivity index (χ3v) is 3.55. The van der Waals surface area contributed by atoms with Gasteiger partial charge in [0.25, 0.3) is 0 Å². The number of nitrogens with one attached hydrogen (secondary N) is 1. The second-order valence-electron chi connectivity index (χ2n) is 5.00. The minimum Gasteiger partial charge on any atom is -0.317 e. The zero-order chi connectivity index (χ0) is 13.2. The van der Waals surface area contributed by atoms with Gasteiger partial charge in [0.1, 0.15) is 0 Å². The summed E-state index contributed by atoms with van der Waals surface area (Å²) in [5.74, 6) is 0.731. The van der Waals surface area contributed by atoms with Crippen LogP contribution in [0.4, 0.5) is 0 Å². The predicted octanol–water partition coefficient (Wildman–Crippen LogP) is 4.69. The highest BCUT2D eigenvalue weighted by Gasteiger charge is 2.09. The van der Waals surface area contributed by atoms with Crippen LogP contribution < -0.4 is 5.32 Å². The normalized spacial score (nSPS) is 12.6. The molecule has 0 spiro atoms. The van der Waals surface area contributed by atoms with Gasteiger partial charge in [-0.3, -0.25) is 0 Å². The predicted molar refractivity (Wildman–Crippen MR) is 81.3 cm³/mol. The fraction of sp³-hybridized carbons (Fsp3) is 0.625. The van der Waals surface area contributed by atoms with Gasteiger partial charge in [-0.25, -0.2) is 0 Å². The highest BCUT2D eigenvalue weighted by atomic mass is 35.5. The van der Waals surface area contributed by atoms with Crippen molar-refractivity contribution in [2.24, 2.45) is 5.92 Å². The van der Waals surface area contributed by atoms with Gasteiger partial charge in [0.15, 0.2) is 0 Å². The van der Waals surface area contributed by atoms with Crippen LogP contribution in [-0.2, 0) is 6.42 Å². The van der Waals surface area contributed by atoms with Gasteiger partial charge in [-0.15, -0.1) is 0 Å². The highest BCUT2D eigenvalue weighted by molar-refractivity contribution is 6.30. The lowest BCUT2D eigenvalue weighted by Gasteiger charge is -2.17. The first-order valence-electron chi connectivity index (χ1n) is 7.21. The van der Waals surface area contributed by atoms with Crippen LogP contribution in [0.5, 0.6) is 0 Å². The van der Waals surface area contributed by atoms with Crippen LogP contribution in [-0.4, -0.2) is 13.1 Å². The molecule has 18 heavy (non-hydrogen) atoms. The fourth-order valence-corrected chi connectivity index (χ4v) is 2.52. The Bertz CT molecular complexity index is 325. The largest absolute Gasteiger partial charge is 0.317 e. The summed E-state index contributed by atoms with van der Waals surface area (Å²) in [5, 5.41) is 4.33. The van der Waals surface area contributed by atoms with E-state index in [9.17, 15) is 0 Å². The van der Waals surface area contributed by atoms with Crippen molar-refractivity contribution in [1.82, 2.24) is 5.32 Å². The van der Waals surface area contributed by atoms with Gasteiger partial charge in [0.05, 0.1) is 0 Å². The van der Waals surface area contributed by atoms with Crippen molar-refractivity contribution in [2.75, 3.05) is 13.1 Å². The quantitative estimate of drug-likeness (QED) is 0.640. The Morgan fingerprint density at radius 3 is 2.72 bits per heavy atom. The summed E-state index contributed by atoms with van der Waals surface area (Å²) < 4.78 is 0. The first kappa shape index (κ1) is 15.5. The summed E-state index contributed by atoms with van der Waals surface area (Å²) in [7, 11) is 0. The van der Waals surface area contributed by atoms with Gasteiger partial charge >= 0.3 is 0 Å². The molecular formula is C16H26ClN. The number of unbranched alkanes of at least 4 members (excludes halogenated alkanes) is 2. The SMILES string of the molecule is CCCCCC(CNCC)Cc1cccc(Cl)c1. The number of rotatable bonds is 9. The second-order valence-corrected chi connectivity index (χ2v) is 5.44. The van der Waals surface area contributed by atoms with E-state index in [1.54, 1.807) is 0 Å². The number of benzene rings is 1. The zero-order valence-corrected chi connectivity index (χ0v) is 12.5. The van der Waals surface area contributed by atoms with Gasteiger partial charge in [0, 0.05) is 5.02 Å². The molecule has 1 aromatic carbocycles. The molecule has 1 aromatic rings. The molecule has 1 unspecified atom stereocenters. The van der Waals surface area contributed by atoms with E-state index < -0.39 is 0 Å². The molecule has 102 valence electrons. The van der Waals surface area contributed by atoms with Gasteiger partial charge < -0.3 is 5.32 Å². The third kappa shape index (κ3) is 6.42. The molecule has 0 radical (unpaired) electrons. The highest BCUT2D eigenvalue weighted by Crippen LogP contribution is 2.18. The van der Waals surface area contributed by atoms with Gasteiger partial charge in [0.2, 0.25) is 0 Å². The summed E-state index contributed by atoms with van der Waals surface area (Å²) in [6, 6.07) is 8.28. The summed E-state index contributed by atoms with van der Waals surface area (Å²) in [4.78, 5) is 0. The van der Waals surface area contributed by atoms with E-state index in [0.29, 0.717) is 0 Å². The van der Waals surface area contributed by atoms with E-state index in [0.717, 1.165) is 30.5 Å². The number of hydrogen-bond donors (Lipinski definition) is 1. The Morgan fingerprint density at radius 1 is 1.22 bits per heavy atom. The van der Waals surface area contributed by atoms with E-state index in [1.807, 2.05) is 12.1 Å². The van der Waals surface area contributed by atoms with Crippen molar-refractivity contribution >= 4 is 11.6 Å². The van der Waals surface area contributed by atoms with Crippen molar-refractivity contribution in [3.63, 3.8) is 0 Å². The average molecular weight is 268 g/mol. The van der Waals surface area contributed by atoms with Gasteiger partial charge in [-0.05, 0) is 49.5 Å². The van der Waals surface area contributed by atoms with Crippen LogP contribution >= 0.6 is 11.6 Å². The molecular weight excluding hydrogens is 242 g/mol. The van der Waals surface area contributed by atoms with E-state index in [1.165, 1.54) is 31.2 Å². The minimum absolute atomic E-state index is 0.731. The molecule has 2 heteroatoms. The molecule has 1 rings (SSSR count). The van der Waals surface area contributed by atoms with Gasteiger partial charge in [-0.2, -0.15) is 0 Å². The molecule has 1 atom stereocenters. The standard InChI is InChI=1S/C16H26ClN/c1-3-5-6-8-15(13-18-4-2)11-14-9-7-10-16(17)12-14/h7,9-10,12,15,18H,3-6,8,11,13H2,1-2H3. The maximum absolute atomic E-state index is 6.04. The topological polar surface area (TPSA) is 12.0 Å². The fourth-order valence-electron chi connectivity index (χ4n) is 2.31. The Kier molecular flexibility index (Phi) is 8.11. The minimum atomic E-state index is 0.731. The molecule has 1 N–H and O–H groups in total. The van der Waals surface area contributed by atoms with Crippen LogP contribution in [0.15, 0.2) is 24.3 Å². The van der Waals surface area contributed by atoms with E-state index in [4.69, 9.17) is 11.6 Å². The first-order valence-corrected chi connectivity index (χ1v) is 7.59. The Labute approximate surface area is 117 Å². The maximum atomic E-state index is 6.04. The van der Waals surface area contributed by atoms with Crippen LogP contribution in [0, 0.1) is 5.92 Å². The Morgan fingerprint density at radius 2 is 2.06 bits per heavy atom. The lowest BCUT2D eigenvalue weighted by atomic mass is 9.93. The summed E-state index contributed by atoms with van der Waals surface area (Å²) in [5.41, 5.74) is 1.36. The molecule has 0 aliphatic carbocycles. The third-order valence-electron chi connectivity index (χ3n) is 3.31. The molecule has 0 fully saturated rings. The van der Waals surface area contributed by atoms with Crippen LogP contribution in [0.1, 0.15) is 45.1 Å². The van der Waals surface area contributed by atoms with Crippen molar-refractivity contribution in [3.8, 4) is 0 Å². The monoisotopic (exact) mass is 267 g/mol. The maximum Gasteiger partial charge on any atom is 0.0408 e. The van der Waals surface area contributed by atoms with Crippen LogP contribution in [0.2, 0.25) is 5.02 Å². The Hall–Kier alpha value is -0.530. The molecule has 0 saturated carbocycles. The number of halogens is 1. The van der Waals surface area contributed by atoms with E-state index >= 15 is 0 Å². The van der Waals surface area contributed by atoms with Crippen molar-refractivity contribution in [2.45, 2.75) is 46.0 Å². The molecule has 0 bridgehead atoms. The van der Waals surface area contributed by atoms with E-state index in [-0.39, 0.29) is 0 Å². The smallest absolute Gasteiger partial charge is 0.0408 e. The van der Waals surface area contributed by atoms with Crippen molar-refractivity contribution in [3.05, 3.63) is 34.9 Å².